The SMILES string of the molecule is COC(=O)CNC(=O)c1ncccc1OCc1ccccc1. The van der Waals surface area contributed by atoms with Gasteiger partial charge in [-0.1, -0.05) is 30.3 Å². The Morgan fingerprint density at radius 1 is 1.14 bits per heavy atom. The largest absolute Gasteiger partial charge is 0.486 e. The lowest BCUT2D eigenvalue weighted by Gasteiger charge is -2.10. The van der Waals surface area contributed by atoms with Crippen LogP contribution < -0.4 is 10.1 Å². The molecule has 0 bridgehead atoms. The number of rotatable bonds is 6. The van der Waals surface area contributed by atoms with E-state index < -0.39 is 11.9 Å². The zero-order valence-electron chi connectivity index (χ0n) is 12.1. The highest BCUT2D eigenvalue weighted by molar-refractivity contribution is 5.96. The molecule has 6 heteroatoms. The Balaban J connectivity index is 2.03. The monoisotopic (exact) mass is 300 g/mol. The molecule has 0 saturated carbocycles. The quantitative estimate of drug-likeness (QED) is 0.819. The summed E-state index contributed by atoms with van der Waals surface area (Å²) in [5, 5.41) is 2.43. The van der Waals surface area contributed by atoms with E-state index in [0.717, 1.165) is 5.56 Å². The number of carbonyl (C=O) groups is 2. The first-order chi connectivity index (χ1) is 10.7. The van der Waals surface area contributed by atoms with Gasteiger partial charge in [0.2, 0.25) is 0 Å². The van der Waals surface area contributed by atoms with E-state index in [4.69, 9.17) is 4.74 Å². The van der Waals surface area contributed by atoms with Crippen LogP contribution in [0.5, 0.6) is 5.75 Å². The van der Waals surface area contributed by atoms with Gasteiger partial charge in [-0.2, -0.15) is 0 Å². The van der Waals surface area contributed by atoms with Crippen LogP contribution >= 0.6 is 0 Å². The van der Waals surface area contributed by atoms with Crippen LogP contribution in [0.4, 0.5) is 0 Å². The zero-order chi connectivity index (χ0) is 15.8. The second kappa shape index (κ2) is 7.78. The average Bonchev–Trinajstić information content (AvgIpc) is 2.58. The van der Waals surface area contributed by atoms with Gasteiger partial charge in [-0.25, -0.2) is 4.98 Å². The number of nitrogens with zero attached hydrogens (tertiary/aromatic N) is 1. The lowest BCUT2D eigenvalue weighted by Crippen LogP contribution is -2.31. The third-order valence-corrected chi connectivity index (χ3v) is 2.84. The van der Waals surface area contributed by atoms with Crippen LogP contribution in [-0.2, 0) is 16.1 Å². The molecule has 0 spiro atoms. The highest BCUT2D eigenvalue weighted by Crippen LogP contribution is 2.17. The van der Waals surface area contributed by atoms with E-state index in [-0.39, 0.29) is 12.2 Å². The van der Waals surface area contributed by atoms with Gasteiger partial charge in [0.05, 0.1) is 7.11 Å². The number of aromatic nitrogens is 1. The van der Waals surface area contributed by atoms with E-state index in [1.165, 1.54) is 13.3 Å². The fourth-order valence-electron chi connectivity index (χ4n) is 1.72. The molecule has 0 unspecified atom stereocenters. The molecule has 0 aliphatic carbocycles. The number of ether oxygens (including phenoxy) is 2. The van der Waals surface area contributed by atoms with Crippen LogP contribution in [0.2, 0.25) is 0 Å². The highest BCUT2D eigenvalue weighted by Gasteiger charge is 2.15. The zero-order valence-corrected chi connectivity index (χ0v) is 12.1. The molecule has 0 atom stereocenters. The summed E-state index contributed by atoms with van der Waals surface area (Å²) >= 11 is 0. The Labute approximate surface area is 128 Å². The summed E-state index contributed by atoms with van der Waals surface area (Å²) in [5.41, 5.74) is 1.11. The van der Waals surface area contributed by atoms with Crippen molar-refractivity contribution in [2.24, 2.45) is 0 Å². The molecule has 0 saturated heterocycles. The second-order valence-corrected chi connectivity index (χ2v) is 4.38. The summed E-state index contributed by atoms with van der Waals surface area (Å²) in [7, 11) is 1.25. The van der Waals surface area contributed by atoms with E-state index in [9.17, 15) is 9.59 Å². The highest BCUT2D eigenvalue weighted by atomic mass is 16.5. The van der Waals surface area contributed by atoms with E-state index >= 15 is 0 Å². The number of pyridine rings is 1. The molecule has 0 aliphatic rings. The normalized spacial score (nSPS) is 9.86. The molecule has 1 amide bonds. The number of nitrogens with one attached hydrogen (secondary N) is 1. The van der Waals surface area contributed by atoms with E-state index in [1.807, 2.05) is 30.3 Å². The van der Waals surface area contributed by atoms with Crippen LogP contribution in [0.3, 0.4) is 0 Å². The first kappa shape index (κ1) is 15.5. The average molecular weight is 300 g/mol. The topological polar surface area (TPSA) is 77.5 Å². The van der Waals surface area contributed by atoms with Crippen molar-refractivity contribution in [3.05, 3.63) is 59.9 Å². The number of amides is 1. The lowest BCUT2D eigenvalue weighted by molar-refractivity contribution is -0.139. The molecule has 2 rings (SSSR count). The Hall–Kier alpha value is -2.89. The Bertz CT molecular complexity index is 644. The molecule has 0 fully saturated rings. The molecule has 1 aromatic heterocycles. The van der Waals surface area contributed by atoms with E-state index in [0.29, 0.717) is 12.4 Å². The van der Waals surface area contributed by atoms with Gasteiger partial charge >= 0.3 is 5.97 Å². The van der Waals surface area contributed by atoms with Gasteiger partial charge in [0, 0.05) is 6.20 Å². The van der Waals surface area contributed by atoms with Crippen LogP contribution in [0.25, 0.3) is 0 Å². The lowest BCUT2D eigenvalue weighted by atomic mass is 10.2. The first-order valence-corrected chi connectivity index (χ1v) is 6.67. The van der Waals surface area contributed by atoms with E-state index in [1.54, 1.807) is 12.1 Å². The van der Waals surface area contributed by atoms with Crippen LogP contribution in [0.1, 0.15) is 16.1 Å². The molecule has 1 aromatic carbocycles. The van der Waals surface area contributed by atoms with Gasteiger partial charge in [-0.05, 0) is 17.7 Å². The summed E-state index contributed by atoms with van der Waals surface area (Å²) in [4.78, 5) is 27.1. The maximum absolute atomic E-state index is 12.0. The summed E-state index contributed by atoms with van der Waals surface area (Å²) in [5.74, 6) is -0.668. The molecule has 114 valence electrons. The summed E-state index contributed by atoms with van der Waals surface area (Å²) in [6.07, 6.45) is 1.49. The number of methoxy groups -OCH3 is 1. The molecule has 0 radical (unpaired) electrons. The van der Waals surface area contributed by atoms with Crippen molar-refractivity contribution in [3.8, 4) is 5.75 Å². The van der Waals surface area contributed by atoms with Crippen molar-refractivity contribution < 1.29 is 19.1 Å². The van der Waals surface area contributed by atoms with Gasteiger partial charge in [-0.15, -0.1) is 0 Å². The minimum Gasteiger partial charge on any atom is -0.486 e. The number of hydrogen-bond acceptors (Lipinski definition) is 5. The summed E-state index contributed by atoms with van der Waals surface area (Å²) in [6, 6.07) is 12.9. The van der Waals surface area contributed by atoms with Gasteiger partial charge in [-0.3, -0.25) is 9.59 Å². The van der Waals surface area contributed by atoms with Gasteiger partial charge in [0.1, 0.15) is 13.2 Å². The molecular weight excluding hydrogens is 284 g/mol. The predicted molar refractivity (Wildman–Crippen MR) is 79.4 cm³/mol. The fourth-order valence-corrected chi connectivity index (χ4v) is 1.72. The molecule has 6 nitrogen and oxygen atoms in total. The van der Waals surface area contributed by atoms with Crippen molar-refractivity contribution in [1.82, 2.24) is 10.3 Å². The van der Waals surface area contributed by atoms with E-state index in [2.05, 4.69) is 15.0 Å². The Morgan fingerprint density at radius 3 is 2.64 bits per heavy atom. The predicted octanol–water partition coefficient (Wildman–Crippen LogP) is 1.56. The third-order valence-electron chi connectivity index (χ3n) is 2.84. The van der Waals surface area contributed by atoms with Crippen LogP contribution in [0.15, 0.2) is 48.7 Å². The molecule has 2 aromatic rings. The van der Waals surface area contributed by atoms with Crippen molar-refractivity contribution in [3.63, 3.8) is 0 Å². The minimum atomic E-state index is -0.531. The molecular formula is C16H16N2O4. The van der Waals surface area contributed by atoms with Crippen molar-refractivity contribution >= 4 is 11.9 Å². The minimum absolute atomic E-state index is 0.127. The van der Waals surface area contributed by atoms with Gasteiger partial charge in [0.25, 0.3) is 5.91 Å². The smallest absolute Gasteiger partial charge is 0.325 e. The fraction of sp³-hybridized carbons (Fsp3) is 0.188. The van der Waals surface area contributed by atoms with Gasteiger partial charge in [0.15, 0.2) is 11.4 Å². The molecule has 1 heterocycles. The van der Waals surface area contributed by atoms with Crippen molar-refractivity contribution in [1.29, 1.82) is 0 Å². The second-order valence-electron chi connectivity index (χ2n) is 4.38. The van der Waals surface area contributed by atoms with Crippen LogP contribution in [-0.4, -0.2) is 30.5 Å². The maximum atomic E-state index is 12.0. The van der Waals surface area contributed by atoms with Crippen LogP contribution in [0, 0.1) is 0 Å². The number of benzene rings is 1. The number of hydrogen-bond donors (Lipinski definition) is 1. The molecule has 1 N–H and O–H groups in total. The third kappa shape index (κ3) is 4.31. The Morgan fingerprint density at radius 2 is 1.91 bits per heavy atom. The summed E-state index contributed by atoms with van der Waals surface area (Å²) < 4.78 is 10.1. The first-order valence-electron chi connectivity index (χ1n) is 6.67. The molecule has 0 aliphatic heterocycles. The summed E-state index contributed by atoms with van der Waals surface area (Å²) in [6.45, 7) is 0.105. The standard InChI is InChI=1S/C16H16N2O4/c1-21-14(19)10-18-16(20)15-13(8-5-9-17-15)22-11-12-6-3-2-4-7-12/h2-9H,10-11H2,1H3,(H,18,20). The number of esters is 1. The molecule has 22 heavy (non-hydrogen) atoms. The maximum Gasteiger partial charge on any atom is 0.325 e. The van der Waals surface area contributed by atoms with Crippen molar-refractivity contribution in [2.75, 3.05) is 13.7 Å². The number of carbonyl (C=O) groups excluding carboxylic acids is 2. The Kier molecular flexibility index (Phi) is 5.48. The van der Waals surface area contributed by atoms with Gasteiger partial charge < -0.3 is 14.8 Å². The van der Waals surface area contributed by atoms with Crippen molar-refractivity contribution in [2.45, 2.75) is 6.61 Å².